The molecule has 0 bridgehead atoms. The van der Waals surface area contributed by atoms with E-state index in [4.69, 9.17) is 5.11 Å². The molecule has 0 aliphatic rings. The van der Waals surface area contributed by atoms with E-state index in [1.54, 1.807) is 31.4 Å². The van der Waals surface area contributed by atoms with E-state index in [9.17, 15) is 9.90 Å². The Morgan fingerprint density at radius 1 is 1.37 bits per heavy atom. The molecule has 0 radical (unpaired) electrons. The Morgan fingerprint density at radius 2 is 2.16 bits per heavy atom. The maximum atomic E-state index is 10.9. The molecule has 0 spiro atoms. The molecule has 3 N–H and O–H groups in total. The molecule has 1 aromatic carbocycles. The molecule has 2 heterocycles. The molecule has 0 unspecified atom stereocenters. The van der Waals surface area contributed by atoms with Crippen LogP contribution >= 0.6 is 0 Å². The number of carbonyl (C=O) groups is 1. The van der Waals surface area contributed by atoms with E-state index in [0.29, 0.717) is 5.69 Å². The zero-order valence-electron chi connectivity index (χ0n) is 10.1. The summed E-state index contributed by atoms with van der Waals surface area (Å²) in [7, 11) is 1.70. The van der Waals surface area contributed by atoms with Crippen LogP contribution in [0.1, 0.15) is 10.5 Å². The van der Waals surface area contributed by atoms with Gasteiger partial charge in [-0.15, -0.1) is 0 Å². The Bertz CT molecular complexity index is 786. The van der Waals surface area contributed by atoms with Crippen LogP contribution in [0.2, 0.25) is 0 Å². The lowest BCUT2D eigenvalue weighted by atomic mass is 10.1. The number of carboxylic acids is 1. The van der Waals surface area contributed by atoms with Crippen LogP contribution in [0.15, 0.2) is 30.5 Å². The molecule has 2 aromatic heterocycles. The van der Waals surface area contributed by atoms with E-state index in [0.717, 1.165) is 16.5 Å². The summed E-state index contributed by atoms with van der Waals surface area (Å²) in [5.41, 5.74) is 2.34. The van der Waals surface area contributed by atoms with Crippen molar-refractivity contribution in [2.24, 2.45) is 7.05 Å². The number of fused-ring (bicyclic) bond motifs is 1. The molecule has 0 amide bonds. The molecule has 0 atom stereocenters. The summed E-state index contributed by atoms with van der Waals surface area (Å²) in [5.74, 6) is -0.878. The van der Waals surface area contributed by atoms with E-state index >= 15 is 0 Å². The van der Waals surface area contributed by atoms with Gasteiger partial charge in [-0.1, -0.05) is 0 Å². The number of nitrogens with one attached hydrogen (secondary N) is 1. The van der Waals surface area contributed by atoms with Crippen LogP contribution in [0.4, 0.5) is 0 Å². The highest BCUT2D eigenvalue weighted by Crippen LogP contribution is 2.30. The van der Waals surface area contributed by atoms with Crippen LogP contribution in [0.3, 0.4) is 0 Å². The summed E-state index contributed by atoms with van der Waals surface area (Å²) in [6.07, 6.45) is 1.77. The second kappa shape index (κ2) is 3.88. The normalized spacial score (nSPS) is 11.0. The average molecular weight is 257 g/mol. The fourth-order valence-corrected chi connectivity index (χ4v) is 2.15. The summed E-state index contributed by atoms with van der Waals surface area (Å²) in [4.78, 5) is 14.0. The van der Waals surface area contributed by atoms with Crippen LogP contribution in [-0.4, -0.2) is 30.9 Å². The Kier molecular flexibility index (Phi) is 2.31. The van der Waals surface area contributed by atoms with Crippen LogP contribution in [0, 0.1) is 0 Å². The van der Waals surface area contributed by atoms with E-state index in [1.165, 1.54) is 10.7 Å². The highest BCUT2D eigenvalue weighted by atomic mass is 16.4. The van der Waals surface area contributed by atoms with Crippen LogP contribution in [0.25, 0.3) is 22.2 Å². The van der Waals surface area contributed by atoms with Gasteiger partial charge in [0.2, 0.25) is 0 Å². The number of aromatic carboxylic acids is 1. The first-order chi connectivity index (χ1) is 9.06. The Morgan fingerprint density at radius 3 is 2.84 bits per heavy atom. The minimum Gasteiger partial charge on any atom is -0.508 e. The zero-order valence-corrected chi connectivity index (χ0v) is 10.1. The summed E-state index contributed by atoms with van der Waals surface area (Å²) in [6.45, 7) is 0. The molecular weight excluding hydrogens is 246 g/mol. The fraction of sp³-hybridized carbons (Fsp3) is 0.0769. The van der Waals surface area contributed by atoms with Gasteiger partial charge in [0.05, 0.1) is 5.69 Å². The number of hydrogen-bond acceptors (Lipinski definition) is 3. The van der Waals surface area contributed by atoms with Crippen molar-refractivity contribution >= 4 is 16.9 Å². The number of aromatic amines is 1. The van der Waals surface area contributed by atoms with Crippen molar-refractivity contribution in [1.29, 1.82) is 0 Å². The van der Waals surface area contributed by atoms with Crippen LogP contribution in [-0.2, 0) is 7.05 Å². The molecule has 6 nitrogen and oxygen atoms in total. The van der Waals surface area contributed by atoms with Crippen molar-refractivity contribution in [3.8, 4) is 17.0 Å². The molecular formula is C13H11N3O3. The number of nitrogens with zero attached hydrogens (tertiary/aromatic N) is 2. The first kappa shape index (κ1) is 11.3. The second-order valence-corrected chi connectivity index (χ2v) is 4.28. The molecule has 0 fully saturated rings. The van der Waals surface area contributed by atoms with Gasteiger partial charge in [0.15, 0.2) is 5.69 Å². The molecule has 19 heavy (non-hydrogen) atoms. The third kappa shape index (κ3) is 1.74. The summed E-state index contributed by atoms with van der Waals surface area (Å²) in [6, 6.07) is 6.52. The number of rotatable bonds is 2. The molecule has 0 aliphatic heterocycles. The number of phenolic OH excluding ortho intramolecular Hbond substituents is 1. The molecule has 3 aromatic rings. The standard InChI is InChI=1S/C13H11N3O3/c1-16-12(5-11(15-16)13(18)19)9-6-14-10-4-7(17)2-3-8(9)10/h2-6,14,17H,1H3,(H,18,19). The number of carboxylic acid groups (broad SMARTS) is 1. The van der Waals surface area contributed by atoms with Gasteiger partial charge in [-0.2, -0.15) is 5.10 Å². The minimum absolute atomic E-state index is 0.00521. The Hall–Kier alpha value is -2.76. The number of hydrogen-bond donors (Lipinski definition) is 3. The number of H-pyrrole nitrogens is 1. The van der Waals surface area contributed by atoms with Crippen molar-refractivity contribution in [3.63, 3.8) is 0 Å². The monoisotopic (exact) mass is 257 g/mol. The maximum absolute atomic E-state index is 10.9. The molecule has 0 aliphatic carbocycles. The smallest absolute Gasteiger partial charge is 0.356 e. The molecule has 0 saturated heterocycles. The largest absolute Gasteiger partial charge is 0.508 e. The van der Waals surface area contributed by atoms with Gasteiger partial charge in [0.25, 0.3) is 0 Å². The number of aromatic nitrogens is 3. The molecule has 6 heteroatoms. The van der Waals surface area contributed by atoms with Crippen LogP contribution in [0.5, 0.6) is 5.75 Å². The van der Waals surface area contributed by atoms with Crippen molar-refractivity contribution in [2.75, 3.05) is 0 Å². The number of benzene rings is 1. The van der Waals surface area contributed by atoms with Crippen molar-refractivity contribution in [2.45, 2.75) is 0 Å². The summed E-state index contributed by atoms with van der Waals surface area (Å²) in [5, 5.41) is 23.2. The first-order valence-electron chi connectivity index (χ1n) is 5.64. The van der Waals surface area contributed by atoms with Gasteiger partial charge < -0.3 is 15.2 Å². The lowest BCUT2D eigenvalue weighted by molar-refractivity contribution is 0.0689. The second-order valence-electron chi connectivity index (χ2n) is 4.28. The number of phenols is 1. The quantitative estimate of drug-likeness (QED) is 0.654. The predicted octanol–water partition coefficient (Wildman–Crippen LogP) is 1.97. The average Bonchev–Trinajstić information content (AvgIpc) is 2.92. The topological polar surface area (TPSA) is 91.1 Å². The SMILES string of the molecule is Cn1nc(C(=O)O)cc1-c1c[nH]c2cc(O)ccc12. The van der Waals surface area contributed by atoms with E-state index < -0.39 is 5.97 Å². The fourth-order valence-electron chi connectivity index (χ4n) is 2.15. The first-order valence-corrected chi connectivity index (χ1v) is 5.64. The third-order valence-corrected chi connectivity index (χ3v) is 3.04. The Balaban J connectivity index is 2.22. The Labute approximate surface area is 107 Å². The minimum atomic E-state index is -1.06. The lowest BCUT2D eigenvalue weighted by Gasteiger charge is -1.99. The zero-order chi connectivity index (χ0) is 13.6. The van der Waals surface area contributed by atoms with Crippen molar-refractivity contribution in [1.82, 2.24) is 14.8 Å². The van der Waals surface area contributed by atoms with Gasteiger partial charge in [-0.3, -0.25) is 4.68 Å². The molecule has 0 saturated carbocycles. The highest BCUT2D eigenvalue weighted by molar-refractivity contribution is 5.96. The number of aromatic hydroxyl groups is 1. The van der Waals surface area contributed by atoms with E-state index in [-0.39, 0.29) is 11.4 Å². The van der Waals surface area contributed by atoms with Gasteiger partial charge in [0, 0.05) is 35.8 Å². The predicted molar refractivity (Wildman–Crippen MR) is 69.1 cm³/mol. The summed E-state index contributed by atoms with van der Waals surface area (Å²) < 4.78 is 1.53. The number of aryl methyl sites for hydroxylation is 1. The summed E-state index contributed by atoms with van der Waals surface area (Å²) >= 11 is 0. The van der Waals surface area contributed by atoms with E-state index in [1.807, 2.05) is 0 Å². The van der Waals surface area contributed by atoms with Gasteiger partial charge in [-0.25, -0.2) is 4.79 Å². The van der Waals surface area contributed by atoms with Crippen molar-refractivity contribution in [3.05, 3.63) is 36.2 Å². The van der Waals surface area contributed by atoms with Gasteiger partial charge in [-0.05, 0) is 18.2 Å². The third-order valence-electron chi connectivity index (χ3n) is 3.04. The van der Waals surface area contributed by atoms with E-state index in [2.05, 4.69) is 10.1 Å². The highest BCUT2D eigenvalue weighted by Gasteiger charge is 2.15. The molecule has 3 rings (SSSR count). The van der Waals surface area contributed by atoms with Crippen molar-refractivity contribution < 1.29 is 15.0 Å². The lowest BCUT2D eigenvalue weighted by Crippen LogP contribution is -1.99. The van der Waals surface area contributed by atoms with Crippen LogP contribution < -0.4 is 0 Å². The van der Waals surface area contributed by atoms with Gasteiger partial charge >= 0.3 is 5.97 Å². The maximum Gasteiger partial charge on any atom is 0.356 e. The molecule has 96 valence electrons. The van der Waals surface area contributed by atoms with Gasteiger partial charge in [0.1, 0.15) is 5.75 Å².